The number of nitrogens with two attached hydrogens (primary N) is 1. The van der Waals surface area contributed by atoms with E-state index in [1.807, 2.05) is 0 Å². The molecule has 1 fully saturated rings. The van der Waals surface area contributed by atoms with Crippen LogP contribution in [0, 0.1) is 15.9 Å². The molecule has 18 heavy (non-hydrogen) atoms. The fourth-order valence-corrected chi connectivity index (χ4v) is 1.95. The second-order valence-corrected chi connectivity index (χ2v) is 4.13. The normalized spacial score (nSPS) is 26.5. The number of nitro benzene ring substituents is 1. The fourth-order valence-electron chi connectivity index (χ4n) is 1.95. The van der Waals surface area contributed by atoms with Crippen LogP contribution in [0.25, 0.3) is 0 Å². The summed E-state index contributed by atoms with van der Waals surface area (Å²) in [7, 11) is 1.50. The molecule has 0 aliphatic heterocycles. The molecule has 7 heteroatoms. The van der Waals surface area contributed by atoms with Crippen molar-refractivity contribution in [1.29, 1.82) is 0 Å². The molecular formula is C11H13FN2O4. The Kier molecular flexibility index (Phi) is 3.44. The molecule has 6 nitrogen and oxygen atoms in total. The summed E-state index contributed by atoms with van der Waals surface area (Å²) < 4.78 is 23.5. The molecule has 2 rings (SSSR count). The van der Waals surface area contributed by atoms with Crippen molar-refractivity contribution in [2.24, 2.45) is 5.73 Å². The van der Waals surface area contributed by atoms with Crippen molar-refractivity contribution in [2.45, 2.75) is 24.7 Å². The largest absolute Gasteiger partial charge is 0.481 e. The van der Waals surface area contributed by atoms with Crippen LogP contribution in [0.3, 0.4) is 0 Å². The van der Waals surface area contributed by atoms with Crippen molar-refractivity contribution in [3.63, 3.8) is 0 Å². The zero-order chi connectivity index (χ0) is 13.3. The van der Waals surface area contributed by atoms with Crippen molar-refractivity contribution in [1.82, 2.24) is 0 Å². The molecule has 1 aliphatic carbocycles. The van der Waals surface area contributed by atoms with Crippen LogP contribution in [0.2, 0.25) is 0 Å². The second kappa shape index (κ2) is 4.87. The topological polar surface area (TPSA) is 87.6 Å². The van der Waals surface area contributed by atoms with Crippen LogP contribution >= 0.6 is 0 Å². The summed E-state index contributed by atoms with van der Waals surface area (Å²) in [6.07, 6.45) is -0.0867. The van der Waals surface area contributed by atoms with E-state index in [1.54, 1.807) is 0 Å². The third-order valence-corrected chi connectivity index (χ3v) is 2.96. The molecule has 3 unspecified atom stereocenters. The lowest BCUT2D eigenvalue weighted by atomic mass is 9.86. The molecule has 1 aromatic rings. The number of hydrogen-bond donors (Lipinski definition) is 1. The van der Waals surface area contributed by atoms with Crippen molar-refractivity contribution in [2.75, 3.05) is 7.11 Å². The lowest BCUT2D eigenvalue weighted by Crippen LogP contribution is -2.59. The number of nitrogens with zero attached hydrogens (tertiary/aromatic N) is 1. The maximum atomic E-state index is 12.9. The maximum Gasteiger partial charge on any atom is 0.313 e. The summed E-state index contributed by atoms with van der Waals surface area (Å²) in [4.78, 5) is 10.1. The van der Waals surface area contributed by atoms with Gasteiger partial charge in [0.1, 0.15) is 18.0 Å². The Morgan fingerprint density at radius 3 is 2.83 bits per heavy atom. The summed E-state index contributed by atoms with van der Waals surface area (Å²) in [5, 5.41) is 10.8. The molecule has 0 aromatic heterocycles. The fraction of sp³-hybridized carbons (Fsp3) is 0.455. The highest BCUT2D eigenvalue weighted by Gasteiger charge is 2.41. The van der Waals surface area contributed by atoms with Crippen LogP contribution in [-0.2, 0) is 4.74 Å². The molecule has 1 aromatic carbocycles. The first-order valence-corrected chi connectivity index (χ1v) is 5.42. The molecule has 0 heterocycles. The Labute approximate surface area is 103 Å². The van der Waals surface area contributed by atoms with E-state index in [0.29, 0.717) is 6.42 Å². The smallest absolute Gasteiger partial charge is 0.313 e. The molecule has 0 radical (unpaired) electrons. The third kappa shape index (κ3) is 2.27. The lowest BCUT2D eigenvalue weighted by molar-refractivity contribution is -0.386. The Morgan fingerprint density at radius 2 is 2.28 bits per heavy atom. The molecule has 2 N–H and O–H groups in total. The standard InChI is InChI=1S/C11H13FN2O4/c1-17-11-7(13)5-10(11)18-9-3-2-6(12)4-8(9)14(15)16/h2-4,7,10-11H,5,13H2,1H3. The minimum absolute atomic E-state index is 0.0281. The quantitative estimate of drug-likeness (QED) is 0.646. The highest BCUT2D eigenvalue weighted by molar-refractivity contribution is 5.46. The van der Waals surface area contributed by atoms with E-state index in [2.05, 4.69) is 0 Å². The predicted molar refractivity (Wildman–Crippen MR) is 60.9 cm³/mol. The second-order valence-electron chi connectivity index (χ2n) is 4.13. The average molecular weight is 256 g/mol. The van der Waals surface area contributed by atoms with Crippen LogP contribution in [-0.4, -0.2) is 30.3 Å². The van der Waals surface area contributed by atoms with Crippen LogP contribution < -0.4 is 10.5 Å². The summed E-state index contributed by atoms with van der Waals surface area (Å²) in [6, 6.07) is 3.04. The molecule has 3 atom stereocenters. The Hall–Kier alpha value is -1.73. The molecule has 0 bridgehead atoms. The van der Waals surface area contributed by atoms with Gasteiger partial charge >= 0.3 is 5.69 Å². The van der Waals surface area contributed by atoms with Gasteiger partial charge in [-0.25, -0.2) is 4.39 Å². The minimum Gasteiger partial charge on any atom is -0.481 e. The van der Waals surface area contributed by atoms with Crippen molar-refractivity contribution in [3.8, 4) is 5.75 Å². The van der Waals surface area contributed by atoms with Gasteiger partial charge in [0.05, 0.1) is 11.0 Å². The van der Waals surface area contributed by atoms with Gasteiger partial charge in [0, 0.05) is 19.6 Å². The zero-order valence-corrected chi connectivity index (χ0v) is 9.71. The van der Waals surface area contributed by atoms with E-state index in [4.69, 9.17) is 15.2 Å². The Bertz CT molecular complexity index is 468. The van der Waals surface area contributed by atoms with Gasteiger partial charge in [-0.15, -0.1) is 0 Å². The van der Waals surface area contributed by atoms with E-state index >= 15 is 0 Å². The maximum absolute atomic E-state index is 12.9. The first-order chi connectivity index (χ1) is 8.52. The number of methoxy groups -OCH3 is 1. The van der Waals surface area contributed by atoms with Crippen molar-refractivity contribution >= 4 is 5.69 Å². The third-order valence-electron chi connectivity index (χ3n) is 2.96. The highest BCUT2D eigenvalue weighted by Crippen LogP contribution is 2.33. The number of rotatable bonds is 4. The first kappa shape index (κ1) is 12.7. The number of benzene rings is 1. The lowest BCUT2D eigenvalue weighted by Gasteiger charge is -2.40. The molecular weight excluding hydrogens is 243 g/mol. The monoisotopic (exact) mass is 256 g/mol. The minimum atomic E-state index is -0.682. The molecule has 0 spiro atoms. The average Bonchev–Trinajstić information content (AvgIpc) is 2.30. The highest BCUT2D eigenvalue weighted by atomic mass is 19.1. The van der Waals surface area contributed by atoms with E-state index in [-0.39, 0.29) is 24.0 Å². The van der Waals surface area contributed by atoms with Gasteiger partial charge in [-0.05, 0) is 12.1 Å². The van der Waals surface area contributed by atoms with Crippen molar-refractivity contribution < 1.29 is 18.8 Å². The number of nitro groups is 1. The number of halogens is 1. The predicted octanol–water partition coefficient (Wildman–Crippen LogP) is 1.23. The van der Waals surface area contributed by atoms with Gasteiger partial charge in [-0.1, -0.05) is 0 Å². The molecule has 0 amide bonds. The van der Waals surface area contributed by atoms with E-state index < -0.39 is 16.4 Å². The van der Waals surface area contributed by atoms with Crippen LogP contribution in [0.5, 0.6) is 5.75 Å². The molecule has 1 saturated carbocycles. The van der Waals surface area contributed by atoms with Gasteiger partial charge in [0.2, 0.25) is 0 Å². The van der Waals surface area contributed by atoms with E-state index in [9.17, 15) is 14.5 Å². The van der Waals surface area contributed by atoms with Gasteiger partial charge < -0.3 is 15.2 Å². The summed E-state index contributed by atoms with van der Waals surface area (Å²) in [6.45, 7) is 0. The van der Waals surface area contributed by atoms with E-state index in [1.165, 1.54) is 13.2 Å². The number of hydrogen-bond acceptors (Lipinski definition) is 5. The summed E-state index contributed by atoms with van der Waals surface area (Å²) in [5.74, 6) is -0.650. The van der Waals surface area contributed by atoms with Gasteiger partial charge in [0.15, 0.2) is 5.75 Å². The SMILES string of the molecule is COC1C(N)CC1Oc1ccc(F)cc1[N+](=O)[O-]. The van der Waals surface area contributed by atoms with Crippen LogP contribution in [0.1, 0.15) is 6.42 Å². The Balaban J connectivity index is 2.17. The number of ether oxygens (including phenoxy) is 2. The van der Waals surface area contributed by atoms with Gasteiger partial charge in [-0.2, -0.15) is 0 Å². The molecule has 98 valence electrons. The summed E-state index contributed by atoms with van der Waals surface area (Å²) >= 11 is 0. The first-order valence-electron chi connectivity index (χ1n) is 5.42. The van der Waals surface area contributed by atoms with Crippen LogP contribution in [0.4, 0.5) is 10.1 Å². The van der Waals surface area contributed by atoms with Crippen LogP contribution in [0.15, 0.2) is 18.2 Å². The Morgan fingerprint density at radius 1 is 1.56 bits per heavy atom. The van der Waals surface area contributed by atoms with Crippen molar-refractivity contribution in [3.05, 3.63) is 34.1 Å². The molecule has 1 aliphatic rings. The zero-order valence-electron chi connectivity index (χ0n) is 9.71. The van der Waals surface area contributed by atoms with E-state index in [0.717, 1.165) is 12.1 Å². The van der Waals surface area contributed by atoms with Gasteiger partial charge in [0.25, 0.3) is 0 Å². The summed E-state index contributed by atoms with van der Waals surface area (Å²) in [5.41, 5.74) is 5.30. The molecule has 0 saturated heterocycles. The van der Waals surface area contributed by atoms with Gasteiger partial charge in [-0.3, -0.25) is 10.1 Å².